The molecule has 0 unspecified atom stereocenters. The van der Waals surface area contributed by atoms with Crippen LogP contribution in [0.2, 0.25) is 0 Å². The van der Waals surface area contributed by atoms with Gasteiger partial charge in [0.15, 0.2) is 0 Å². The molecule has 2 atom stereocenters. The Morgan fingerprint density at radius 2 is 1.20 bits per heavy atom. The van der Waals surface area contributed by atoms with E-state index >= 15 is 0 Å². The minimum atomic E-state index is 0.134. The van der Waals surface area contributed by atoms with Gasteiger partial charge in [-0.15, -0.1) is 26.3 Å². The van der Waals surface area contributed by atoms with Crippen LogP contribution in [0.4, 0.5) is 0 Å². The molecule has 40 heavy (non-hydrogen) atoms. The van der Waals surface area contributed by atoms with E-state index in [1.54, 1.807) is 42.7 Å². The van der Waals surface area contributed by atoms with Crippen molar-refractivity contribution in [2.45, 2.75) is 47.5 Å². The smallest absolute Gasteiger partial charge is 0.0766 e. The third kappa shape index (κ3) is 45.9. The maximum atomic E-state index is 4.99. The standard InChI is InChI=1S/C7H12O.C7H14O.2C6H12O.C5H10O.C3H6O/c1-3-7(4-5-7)6-8-2;1-5-7(2,3)6-8-4;2*1-4-6(2)5-7-3;1-5(2)4-6-3;1-3-4-2/h3H,1,4-6H2,2H3;5H,1,6H2,2-4H3;2*4,6H,1,5H2,2-3H3;1,4H2,2-3H3;3H,1H2,2H3/t;;2*6-;;/m..10../s1. The number of hydrogen-bond donors (Lipinski definition) is 0. The van der Waals surface area contributed by atoms with Crippen LogP contribution in [0.1, 0.15) is 47.5 Å². The normalized spacial score (nSPS) is 13.3. The zero-order valence-electron chi connectivity index (χ0n) is 28.2. The molecule has 0 saturated heterocycles. The minimum Gasteiger partial charge on any atom is -0.505 e. The van der Waals surface area contributed by atoms with Crippen LogP contribution in [0.25, 0.3) is 0 Å². The van der Waals surface area contributed by atoms with Gasteiger partial charge in [0.2, 0.25) is 0 Å². The summed E-state index contributed by atoms with van der Waals surface area (Å²) >= 11 is 0. The summed E-state index contributed by atoms with van der Waals surface area (Å²) in [4.78, 5) is 0. The van der Waals surface area contributed by atoms with E-state index in [4.69, 9.17) is 23.7 Å². The van der Waals surface area contributed by atoms with Gasteiger partial charge in [-0.25, -0.2) is 0 Å². The first-order chi connectivity index (χ1) is 18.8. The average molecular weight is 571 g/mol. The predicted octanol–water partition coefficient (Wildman–Crippen LogP) is 8.34. The van der Waals surface area contributed by atoms with Crippen LogP contribution >= 0.6 is 0 Å². The van der Waals surface area contributed by atoms with Crippen molar-refractivity contribution >= 4 is 0 Å². The Morgan fingerprint density at radius 3 is 1.27 bits per heavy atom. The van der Waals surface area contributed by atoms with Crippen molar-refractivity contribution in [1.82, 2.24) is 0 Å². The summed E-state index contributed by atoms with van der Waals surface area (Å²) < 4.78 is 28.6. The van der Waals surface area contributed by atoms with Gasteiger partial charge < -0.3 is 28.4 Å². The first kappa shape index (κ1) is 47.8. The van der Waals surface area contributed by atoms with Gasteiger partial charge in [0, 0.05) is 46.4 Å². The van der Waals surface area contributed by atoms with Gasteiger partial charge in [0.1, 0.15) is 0 Å². The van der Waals surface area contributed by atoms with E-state index in [0.717, 1.165) is 32.0 Å². The largest absolute Gasteiger partial charge is 0.505 e. The summed E-state index contributed by atoms with van der Waals surface area (Å²) in [6.07, 6.45) is 11.6. The van der Waals surface area contributed by atoms with Crippen LogP contribution < -0.4 is 0 Å². The van der Waals surface area contributed by atoms with E-state index in [1.807, 2.05) is 31.2 Å². The highest BCUT2D eigenvalue weighted by atomic mass is 16.5. The molecule has 0 amide bonds. The lowest BCUT2D eigenvalue weighted by molar-refractivity contribution is 0.133. The molecule has 1 aliphatic rings. The summed E-state index contributed by atoms with van der Waals surface area (Å²) in [5, 5.41) is 0. The SMILES string of the molecule is C=C(C)COC.C=CC(C)(C)COC.C=CC1(COC)CC1.C=COC.C=C[C@@H](C)COC.C=C[C@H](C)COC. The van der Waals surface area contributed by atoms with Gasteiger partial charge in [-0.3, -0.25) is 0 Å². The highest BCUT2D eigenvalue weighted by Gasteiger charge is 2.39. The van der Waals surface area contributed by atoms with E-state index in [9.17, 15) is 0 Å². The number of hydrogen-bond acceptors (Lipinski definition) is 6. The molecule has 0 N–H and O–H groups in total. The zero-order chi connectivity index (χ0) is 32.5. The fourth-order valence-corrected chi connectivity index (χ4v) is 2.19. The lowest BCUT2D eigenvalue weighted by Gasteiger charge is -2.16. The fraction of sp³-hybridized carbons (Fsp3) is 0.647. The molecule has 0 aromatic rings. The molecule has 0 spiro atoms. The molecule has 6 heteroatoms. The molecular weight excluding hydrogens is 504 g/mol. The molecule has 6 nitrogen and oxygen atoms in total. The van der Waals surface area contributed by atoms with Crippen LogP contribution in [0.15, 0.2) is 75.6 Å². The van der Waals surface area contributed by atoms with Crippen LogP contribution in [-0.4, -0.2) is 75.7 Å². The second kappa shape index (κ2) is 35.1. The van der Waals surface area contributed by atoms with Crippen molar-refractivity contribution in [1.29, 1.82) is 0 Å². The maximum Gasteiger partial charge on any atom is 0.0766 e. The fourth-order valence-electron chi connectivity index (χ4n) is 2.19. The highest BCUT2D eigenvalue weighted by Crippen LogP contribution is 2.46. The Morgan fingerprint density at radius 1 is 0.775 bits per heavy atom. The summed E-state index contributed by atoms with van der Waals surface area (Å²) in [7, 11) is 10.1. The highest BCUT2D eigenvalue weighted by molar-refractivity contribution is 5.05. The molecule has 0 aliphatic heterocycles. The van der Waals surface area contributed by atoms with Gasteiger partial charge in [-0.2, -0.15) is 0 Å². The molecule has 1 rings (SSSR count). The summed E-state index contributed by atoms with van der Waals surface area (Å²) in [5.74, 6) is 0.981. The maximum absolute atomic E-state index is 4.99. The topological polar surface area (TPSA) is 55.4 Å². The van der Waals surface area contributed by atoms with Gasteiger partial charge in [-0.05, 0) is 31.6 Å². The molecule has 0 radical (unpaired) electrons. The Hall–Kier alpha value is -1.96. The average Bonchev–Trinajstić information content (AvgIpc) is 3.70. The number of rotatable bonds is 15. The molecule has 238 valence electrons. The quantitative estimate of drug-likeness (QED) is 0.146. The number of ether oxygens (including phenoxy) is 6. The first-order valence-electron chi connectivity index (χ1n) is 13.5. The van der Waals surface area contributed by atoms with Gasteiger partial charge in [0.05, 0.1) is 46.4 Å². The first-order valence-corrected chi connectivity index (χ1v) is 13.5. The van der Waals surface area contributed by atoms with Gasteiger partial charge >= 0.3 is 0 Å². The Labute approximate surface area is 249 Å². The van der Waals surface area contributed by atoms with Crippen molar-refractivity contribution in [3.63, 3.8) is 0 Å². The van der Waals surface area contributed by atoms with Gasteiger partial charge in [0.25, 0.3) is 0 Å². The molecule has 0 aromatic heterocycles. The second-order valence-corrected chi connectivity index (χ2v) is 10.3. The lowest BCUT2D eigenvalue weighted by atomic mass is 9.96. The van der Waals surface area contributed by atoms with Crippen LogP contribution in [0, 0.1) is 22.7 Å². The van der Waals surface area contributed by atoms with E-state index < -0.39 is 0 Å². The summed E-state index contributed by atoms with van der Waals surface area (Å²) in [6, 6.07) is 0. The zero-order valence-corrected chi connectivity index (χ0v) is 28.2. The van der Waals surface area contributed by atoms with E-state index in [2.05, 4.69) is 71.9 Å². The Bertz CT molecular complexity index is 565. The molecular formula is C34H66O6. The van der Waals surface area contributed by atoms with Crippen molar-refractivity contribution in [2.24, 2.45) is 22.7 Å². The van der Waals surface area contributed by atoms with Crippen LogP contribution in [0.3, 0.4) is 0 Å². The molecule has 0 aromatic carbocycles. The minimum absolute atomic E-state index is 0.134. The van der Waals surface area contributed by atoms with Crippen molar-refractivity contribution < 1.29 is 28.4 Å². The Balaban J connectivity index is -0.000000124. The molecule has 1 aliphatic carbocycles. The third-order valence-corrected chi connectivity index (χ3v) is 5.05. The monoisotopic (exact) mass is 570 g/mol. The third-order valence-electron chi connectivity index (χ3n) is 5.05. The summed E-state index contributed by atoms with van der Waals surface area (Å²) in [6.45, 7) is 35.6. The second-order valence-electron chi connectivity index (χ2n) is 10.3. The predicted molar refractivity (Wildman–Crippen MR) is 176 cm³/mol. The van der Waals surface area contributed by atoms with Crippen LogP contribution in [-0.2, 0) is 28.4 Å². The van der Waals surface area contributed by atoms with E-state index in [-0.39, 0.29) is 5.41 Å². The van der Waals surface area contributed by atoms with Crippen LogP contribution in [0.5, 0.6) is 0 Å². The summed E-state index contributed by atoms with van der Waals surface area (Å²) in [5.41, 5.74) is 1.58. The van der Waals surface area contributed by atoms with E-state index in [1.165, 1.54) is 19.1 Å². The van der Waals surface area contributed by atoms with Gasteiger partial charge in [-0.1, -0.05) is 70.7 Å². The Kier molecular flexibility index (Phi) is 41.9. The lowest BCUT2D eigenvalue weighted by Crippen LogP contribution is -2.13. The molecule has 1 saturated carbocycles. The molecule has 1 fully saturated rings. The van der Waals surface area contributed by atoms with E-state index in [0.29, 0.717) is 23.9 Å². The molecule has 0 bridgehead atoms. The van der Waals surface area contributed by atoms with Crippen molar-refractivity contribution in [3.05, 3.63) is 75.6 Å². The number of methoxy groups -OCH3 is 6. The molecule has 0 heterocycles. The van der Waals surface area contributed by atoms with Crippen molar-refractivity contribution in [2.75, 3.05) is 75.7 Å². The van der Waals surface area contributed by atoms with Crippen molar-refractivity contribution in [3.8, 4) is 0 Å².